The zero-order chi connectivity index (χ0) is 12.2. The lowest BCUT2D eigenvalue weighted by Crippen LogP contribution is -2.06. The number of hydrogen-bond acceptors (Lipinski definition) is 4. The van der Waals surface area contributed by atoms with Gasteiger partial charge in [0, 0.05) is 6.26 Å². The number of rotatable bonds is 2. The predicted molar refractivity (Wildman–Crippen MR) is 63.7 cm³/mol. The summed E-state index contributed by atoms with van der Waals surface area (Å²) in [6.45, 7) is 1.85. The molecule has 0 spiro atoms. The topological polar surface area (TPSA) is 68.6 Å². The third kappa shape index (κ3) is 3.57. The number of hydrogen-bond donors (Lipinski definition) is 0. The molecule has 0 aromatic carbocycles. The number of carbonyl (C=O) groups excluding carboxylic acids is 1. The molecule has 1 aromatic heterocycles. The van der Waals surface area contributed by atoms with E-state index >= 15 is 0 Å². The minimum absolute atomic E-state index is 0.198. The smallest absolute Gasteiger partial charge is 0.442 e. The molecule has 0 aliphatic heterocycles. The van der Waals surface area contributed by atoms with Gasteiger partial charge in [-0.3, -0.25) is 0 Å². The van der Waals surface area contributed by atoms with E-state index in [9.17, 15) is 9.00 Å². The Hall–Kier alpha value is -0.950. The van der Waals surface area contributed by atoms with E-state index in [1.54, 1.807) is 25.1 Å². The first kappa shape index (κ1) is 13.1. The van der Waals surface area contributed by atoms with E-state index in [0.717, 1.165) is 0 Å². The van der Waals surface area contributed by atoms with Crippen LogP contribution in [0.25, 0.3) is 0 Å². The summed E-state index contributed by atoms with van der Waals surface area (Å²) in [5, 5.41) is 0.245. The van der Waals surface area contributed by atoms with Crippen LogP contribution in [0.3, 0.4) is 0 Å². The number of nitrogens with zero attached hydrogens (tertiary/aromatic N) is 2. The van der Waals surface area contributed by atoms with Crippen molar-refractivity contribution in [2.45, 2.75) is 11.9 Å². The highest BCUT2D eigenvalue weighted by Gasteiger charge is 2.11. The molecule has 1 amide bonds. The first-order chi connectivity index (χ1) is 7.45. The van der Waals surface area contributed by atoms with E-state index in [-0.39, 0.29) is 11.6 Å². The molecule has 1 heterocycles. The van der Waals surface area contributed by atoms with Crippen molar-refractivity contribution in [1.29, 1.82) is 0 Å². The molecule has 0 aliphatic carbocycles. The molecule has 0 saturated carbocycles. The van der Waals surface area contributed by atoms with Gasteiger partial charge >= 0.3 is 6.09 Å². The van der Waals surface area contributed by atoms with Gasteiger partial charge in [-0.15, -0.1) is 4.36 Å². The van der Waals surface area contributed by atoms with E-state index in [0.29, 0.717) is 4.60 Å². The van der Waals surface area contributed by atoms with Gasteiger partial charge in [0.1, 0.15) is 19.4 Å². The van der Waals surface area contributed by atoms with Crippen molar-refractivity contribution in [3.63, 3.8) is 0 Å². The van der Waals surface area contributed by atoms with E-state index in [1.807, 2.05) is 0 Å². The Kier molecular flexibility index (Phi) is 4.43. The third-order valence-electron chi connectivity index (χ3n) is 1.59. The first-order valence-electron chi connectivity index (χ1n) is 4.47. The standard InChI is InChI=1S/C9H11BrN2O3S/c1-3-15-9(13)12-16(2,14)8-6-4-5-7(10)11-8/h4-6H,3H2,1-2H3. The average molecular weight is 307 g/mol. The van der Waals surface area contributed by atoms with Crippen LogP contribution in [-0.4, -0.2) is 28.1 Å². The molecular weight excluding hydrogens is 296 g/mol. The van der Waals surface area contributed by atoms with Gasteiger partial charge in [0.05, 0.1) is 6.61 Å². The molecule has 1 aromatic rings. The Labute approximate surface area is 103 Å². The van der Waals surface area contributed by atoms with Crippen LogP contribution in [0.15, 0.2) is 32.2 Å². The molecule has 7 heteroatoms. The maximum atomic E-state index is 12.1. The molecule has 0 saturated heterocycles. The Morgan fingerprint density at radius 2 is 2.31 bits per heavy atom. The molecular formula is C9H11BrN2O3S. The number of pyridine rings is 1. The van der Waals surface area contributed by atoms with Gasteiger partial charge in [0.2, 0.25) is 0 Å². The van der Waals surface area contributed by atoms with Crippen molar-refractivity contribution >= 4 is 31.8 Å². The lowest BCUT2D eigenvalue weighted by molar-refractivity contribution is 0.164. The van der Waals surface area contributed by atoms with Gasteiger partial charge < -0.3 is 4.74 Å². The SMILES string of the molecule is CCOC(=O)N=S(C)(=O)c1cccc(Br)n1. The number of ether oxygens (including phenoxy) is 1. The summed E-state index contributed by atoms with van der Waals surface area (Å²) in [4.78, 5) is 15.1. The zero-order valence-corrected chi connectivity index (χ0v) is 11.2. The van der Waals surface area contributed by atoms with Crippen LogP contribution in [0.1, 0.15) is 6.92 Å². The first-order valence-corrected chi connectivity index (χ1v) is 7.19. The Morgan fingerprint density at radius 1 is 1.62 bits per heavy atom. The molecule has 0 aliphatic rings. The van der Waals surface area contributed by atoms with E-state index < -0.39 is 15.8 Å². The van der Waals surface area contributed by atoms with Crippen LogP contribution in [0, 0.1) is 0 Å². The largest absolute Gasteiger partial charge is 0.448 e. The fourth-order valence-electron chi connectivity index (χ4n) is 0.939. The van der Waals surface area contributed by atoms with Gasteiger partial charge in [-0.05, 0) is 35.0 Å². The molecule has 1 atom stereocenters. The molecule has 1 unspecified atom stereocenters. The summed E-state index contributed by atoms with van der Waals surface area (Å²) in [5.74, 6) is 0. The van der Waals surface area contributed by atoms with Crippen molar-refractivity contribution in [3.8, 4) is 0 Å². The summed E-state index contributed by atoms with van der Waals surface area (Å²) in [6.07, 6.45) is 0.510. The van der Waals surface area contributed by atoms with E-state index in [4.69, 9.17) is 0 Å². The summed E-state index contributed by atoms with van der Waals surface area (Å²) in [6, 6.07) is 4.93. The molecule has 1 rings (SSSR count). The fourth-order valence-corrected chi connectivity index (χ4v) is 2.43. The number of halogens is 1. The van der Waals surface area contributed by atoms with Crippen molar-refractivity contribution in [2.24, 2.45) is 4.36 Å². The van der Waals surface area contributed by atoms with Crippen LogP contribution < -0.4 is 0 Å². The molecule has 88 valence electrons. The highest BCUT2D eigenvalue weighted by atomic mass is 79.9. The number of aromatic nitrogens is 1. The molecule has 0 radical (unpaired) electrons. The maximum absolute atomic E-state index is 12.1. The predicted octanol–water partition coefficient (Wildman–Crippen LogP) is 2.46. The highest BCUT2D eigenvalue weighted by molar-refractivity contribution is 9.10. The van der Waals surface area contributed by atoms with Crippen molar-refractivity contribution < 1.29 is 13.7 Å². The quantitative estimate of drug-likeness (QED) is 0.787. The van der Waals surface area contributed by atoms with E-state index in [1.165, 1.54) is 6.26 Å². The normalized spacial score (nSPS) is 13.9. The zero-order valence-electron chi connectivity index (χ0n) is 8.84. The van der Waals surface area contributed by atoms with Crippen LogP contribution in [-0.2, 0) is 14.5 Å². The minimum Gasteiger partial charge on any atom is -0.448 e. The van der Waals surface area contributed by atoms with Crippen LogP contribution in [0.2, 0.25) is 0 Å². The van der Waals surface area contributed by atoms with Crippen LogP contribution in [0.4, 0.5) is 4.79 Å². The third-order valence-corrected chi connectivity index (χ3v) is 3.54. The monoisotopic (exact) mass is 306 g/mol. The lowest BCUT2D eigenvalue weighted by Gasteiger charge is -2.03. The fraction of sp³-hybridized carbons (Fsp3) is 0.333. The maximum Gasteiger partial charge on any atom is 0.442 e. The lowest BCUT2D eigenvalue weighted by atomic mass is 10.5. The van der Waals surface area contributed by atoms with Crippen LogP contribution in [0.5, 0.6) is 0 Å². The Bertz CT molecular complexity index is 509. The Balaban J connectivity index is 3.11. The molecule has 16 heavy (non-hydrogen) atoms. The molecule has 0 N–H and O–H groups in total. The molecule has 0 fully saturated rings. The van der Waals surface area contributed by atoms with Gasteiger partial charge in [0.25, 0.3) is 0 Å². The highest BCUT2D eigenvalue weighted by Crippen LogP contribution is 2.13. The second-order valence-electron chi connectivity index (χ2n) is 2.89. The van der Waals surface area contributed by atoms with Crippen molar-refractivity contribution in [2.75, 3.05) is 12.9 Å². The minimum atomic E-state index is -2.84. The van der Waals surface area contributed by atoms with Crippen LogP contribution >= 0.6 is 15.9 Å². The number of amides is 1. The molecule has 5 nitrogen and oxygen atoms in total. The summed E-state index contributed by atoms with van der Waals surface area (Å²) in [5.41, 5.74) is 0. The van der Waals surface area contributed by atoms with E-state index in [2.05, 4.69) is 30.0 Å². The second kappa shape index (κ2) is 5.40. The molecule has 0 bridgehead atoms. The van der Waals surface area contributed by atoms with Crippen molar-refractivity contribution in [1.82, 2.24) is 4.98 Å². The van der Waals surface area contributed by atoms with Gasteiger partial charge in [0.15, 0.2) is 0 Å². The van der Waals surface area contributed by atoms with Gasteiger partial charge in [-0.25, -0.2) is 14.0 Å². The van der Waals surface area contributed by atoms with Crippen molar-refractivity contribution in [3.05, 3.63) is 22.8 Å². The summed E-state index contributed by atoms with van der Waals surface area (Å²) >= 11 is 3.16. The van der Waals surface area contributed by atoms with Gasteiger partial charge in [-0.1, -0.05) is 6.07 Å². The summed E-state index contributed by atoms with van der Waals surface area (Å²) < 4.78 is 20.7. The average Bonchev–Trinajstić information content (AvgIpc) is 2.17. The van der Waals surface area contributed by atoms with Gasteiger partial charge in [-0.2, -0.15) is 0 Å². The second-order valence-corrected chi connectivity index (χ2v) is 5.91. The summed E-state index contributed by atoms with van der Waals surface area (Å²) in [7, 11) is -2.84. The Morgan fingerprint density at radius 3 is 2.88 bits per heavy atom. The number of carbonyl (C=O) groups is 1.